The molecule has 1 heterocycles. The lowest BCUT2D eigenvalue weighted by molar-refractivity contribution is 0.103. The number of hydrogen-bond acceptors (Lipinski definition) is 2. The quantitative estimate of drug-likeness (QED) is 0.824. The molecule has 2 nitrogen and oxygen atoms in total. The molecule has 1 aromatic carbocycles. The van der Waals surface area contributed by atoms with Crippen LogP contribution < -0.4 is 5.32 Å². The lowest BCUT2D eigenvalue weighted by Gasteiger charge is -2.04. The van der Waals surface area contributed by atoms with Crippen molar-refractivity contribution < 1.29 is 9.18 Å². The SMILES string of the molecule is O=C(Nc1ccc(I)cc1F)c1cccs1. The number of rotatable bonds is 2. The molecule has 0 aliphatic heterocycles. The summed E-state index contributed by atoms with van der Waals surface area (Å²) in [5.41, 5.74) is 0.207. The second kappa shape index (κ2) is 4.92. The molecule has 0 saturated carbocycles. The van der Waals surface area contributed by atoms with Gasteiger partial charge in [0.1, 0.15) is 5.82 Å². The highest BCUT2D eigenvalue weighted by atomic mass is 127. The largest absolute Gasteiger partial charge is 0.319 e. The van der Waals surface area contributed by atoms with Crippen molar-refractivity contribution in [3.63, 3.8) is 0 Å². The summed E-state index contributed by atoms with van der Waals surface area (Å²) in [5.74, 6) is -0.702. The molecule has 0 saturated heterocycles. The Morgan fingerprint density at radius 3 is 2.81 bits per heavy atom. The molecule has 0 spiro atoms. The van der Waals surface area contributed by atoms with E-state index in [0.717, 1.165) is 3.57 Å². The normalized spacial score (nSPS) is 10.1. The van der Waals surface area contributed by atoms with Gasteiger partial charge in [-0.15, -0.1) is 11.3 Å². The first kappa shape index (κ1) is 11.5. The van der Waals surface area contributed by atoms with Gasteiger partial charge < -0.3 is 5.32 Å². The Labute approximate surface area is 110 Å². The summed E-state index contributed by atoms with van der Waals surface area (Å²) in [6, 6.07) is 8.16. The molecule has 0 radical (unpaired) electrons. The van der Waals surface area contributed by atoms with Crippen LogP contribution >= 0.6 is 33.9 Å². The van der Waals surface area contributed by atoms with Gasteiger partial charge in [-0.2, -0.15) is 0 Å². The smallest absolute Gasteiger partial charge is 0.265 e. The Morgan fingerprint density at radius 2 is 2.19 bits per heavy atom. The number of halogens is 2. The van der Waals surface area contributed by atoms with E-state index in [9.17, 15) is 9.18 Å². The number of nitrogens with one attached hydrogen (secondary N) is 1. The highest BCUT2D eigenvalue weighted by molar-refractivity contribution is 14.1. The molecule has 16 heavy (non-hydrogen) atoms. The number of benzene rings is 1. The highest BCUT2D eigenvalue weighted by Gasteiger charge is 2.09. The lowest BCUT2D eigenvalue weighted by atomic mass is 10.3. The molecule has 0 aliphatic rings. The molecule has 5 heteroatoms. The fourth-order valence-corrected chi connectivity index (χ4v) is 2.25. The number of carbonyl (C=O) groups excluding carboxylic acids is 1. The van der Waals surface area contributed by atoms with E-state index in [1.54, 1.807) is 29.6 Å². The first-order chi connectivity index (χ1) is 7.66. The van der Waals surface area contributed by atoms with E-state index in [2.05, 4.69) is 5.32 Å². The molecule has 0 bridgehead atoms. The van der Waals surface area contributed by atoms with E-state index >= 15 is 0 Å². The van der Waals surface area contributed by atoms with Gasteiger partial charge in [0.15, 0.2) is 0 Å². The molecule has 82 valence electrons. The van der Waals surface area contributed by atoms with Crippen molar-refractivity contribution in [3.05, 3.63) is 50.0 Å². The van der Waals surface area contributed by atoms with Crippen molar-refractivity contribution in [1.29, 1.82) is 0 Å². The van der Waals surface area contributed by atoms with E-state index in [0.29, 0.717) is 4.88 Å². The van der Waals surface area contributed by atoms with Crippen LogP contribution in [0.25, 0.3) is 0 Å². The molecule has 0 fully saturated rings. The minimum absolute atomic E-state index is 0.207. The van der Waals surface area contributed by atoms with E-state index < -0.39 is 5.82 Å². The maximum Gasteiger partial charge on any atom is 0.265 e. The van der Waals surface area contributed by atoms with Crippen molar-refractivity contribution in [2.24, 2.45) is 0 Å². The Kier molecular flexibility index (Phi) is 3.55. The minimum atomic E-state index is -0.420. The van der Waals surface area contributed by atoms with Crippen molar-refractivity contribution >= 4 is 45.5 Å². The van der Waals surface area contributed by atoms with Gasteiger partial charge in [-0.1, -0.05) is 6.07 Å². The predicted molar refractivity (Wildman–Crippen MR) is 71.4 cm³/mol. The van der Waals surface area contributed by atoms with Gasteiger partial charge in [-0.05, 0) is 52.2 Å². The van der Waals surface area contributed by atoms with E-state index in [4.69, 9.17) is 0 Å². The average molecular weight is 347 g/mol. The topological polar surface area (TPSA) is 29.1 Å². The van der Waals surface area contributed by atoms with E-state index in [1.807, 2.05) is 22.6 Å². The van der Waals surface area contributed by atoms with E-state index in [-0.39, 0.29) is 11.6 Å². The lowest BCUT2D eigenvalue weighted by Crippen LogP contribution is -2.11. The molecule has 0 aliphatic carbocycles. The van der Waals surface area contributed by atoms with Crippen molar-refractivity contribution in [2.75, 3.05) is 5.32 Å². The van der Waals surface area contributed by atoms with Crippen LogP contribution in [0.2, 0.25) is 0 Å². The zero-order chi connectivity index (χ0) is 11.5. The Bertz CT molecular complexity index is 513. The van der Waals surface area contributed by atoms with E-state index in [1.165, 1.54) is 17.4 Å². The maximum absolute atomic E-state index is 13.4. The second-order valence-electron chi connectivity index (χ2n) is 3.06. The van der Waals surface area contributed by atoms with Crippen LogP contribution in [0, 0.1) is 9.39 Å². The average Bonchev–Trinajstić information content (AvgIpc) is 2.75. The Hall–Kier alpha value is -0.950. The van der Waals surface area contributed by atoms with Crippen LogP contribution in [-0.2, 0) is 0 Å². The summed E-state index contributed by atoms with van der Waals surface area (Å²) in [7, 11) is 0. The third-order valence-electron chi connectivity index (χ3n) is 1.92. The number of carbonyl (C=O) groups is 1. The number of amides is 1. The molecule has 1 amide bonds. The van der Waals surface area contributed by atoms with Crippen molar-refractivity contribution in [1.82, 2.24) is 0 Å². The zero-order valence-electron chi connectivity index (χ0n) is 8.04. The molecule has 1 aromatic heterocycles. The number of anilines is 1. The fourth-order valence-electron chi connectivity index (χ4n) is 1.18. The summed E-state index contributed by atoms with van der Waals surface area (Å²) in [4.78, 5) is 12.2. The Morgan fingerprint density at radius 1 is 1.38 bits per heavy atom. The Balaban J connectivity index is 2.18. The summed E-state index contributed by atoms with van der Waals surface area (Å²) in [6.07, 6.45) is 0. The van der Waals surface area contributed by atoms with Gasteiger partial charge in [0.2, 0.25) is 0 Å². The molecular formula is C11H7FINOS. The second-order valence-corrected chi connectivity index (χ2v) is 5.25. The third kappa shape index (κ3) is 2.59. The van der Waals surface area contributed by atoms with Crippen LogP contribution in [0.1, 0.15) is 9.67 Å². The van der Waals surface area contributed by atoms with Crippen LogP contribution in [0.3, 0.4) is 0 Å². The molecule has 2 aromatic rings. The van der Waals surface area contributed by atoms with Gasteiger partial charge in [0.05, 0.1) is 10.6 Å². The van der Waals surface area contributed by atoms with Gasteiger partial charge in [-0.3, -0.25) is 4.79 Å². The predicted octanol–water partition coefficient (Wildman–Crippen LogP) is 3.74. The van der Waals surface area contributed by atoms with Crippen LogP contribution in [0.5, 0.6) is 0 Å². The molecular weight excluding hydrogens is 340 g/mol. The molecule has 2 rings (SSSR count). The molecule has 0 unspecified atom stereocenters. The van der Waals surface area contributed by atoms with Crippen LogP contribution in [0.4, 0.5) is 10.1 Å². The van der Waals surface area contributed by atoms with Gasteiger partial charge in [-0.25, -0.2) is 4.39 Å². The first-order valence-electron chi connectivity index (χ1n) is 4.47. The molecule has 0 atom stereocenters. The fraction of sp³-hybridized carbons (Fsp3) is 0. The summed E-state index contributed by atoms with van der Waals surface area (Å²) < 4.78 is 14.2. The third-order valence-corrected chi connectivity index (χ3v) is 3.46. The zero-order valence-corrected chi connectivity index (χ0v) is 11.0. The van der Waals surface area contributed by atoms with Crippen LogP contribution in [0.15, 0.2) is 35.7 Å². The van der Waals surface area contributed by atoms with Gasteiger partial charge in [0.25, 0.3) is 5.91 Å². The van der Waals surface area contributed by atoms with Crippen molar-refractivity contribution in [3.8, 4) is 0 Å². The van der Waals surface area contributed by atoms with Crippen molar-refractivity contribution in [2.45, 2.75) is 0 Å². The maximum atomic E-state index is 13.4. The van der Waals surface area contributed by atoms with Gasteiger partial charge in [0, 0.05) is 3.57 Å². The monoisotopic (exact) mass is 347 g/mol. The molecule has 1 N–H and O–H groups in total. The van der Waals surface area contributed by atoms with Crippen LogP contribution in [-0.4, -0.2) is 5.91 Å². The number of hydrogen-bond donors (Lipinski definition) is 1. The highest BCUT2D eigenvalue weighted by Crippen LogP contribution is 2.18. The summed E-state index contributed by atoms with van der Waals surface area (Å²) in [5, 5.41) is 4.34. The first-order valence-corrected chi connectivity index (χ1v) is 6.42. The standard InChI is InChI=1S/C11H7FINOS/c12-8-6-7(13)3-4-9(8)14-11(15)10-2-1-5-16-10/h1-6H,(H,14,15). The minimum Gasteiger partial charge on any atom is -0.319 e. The summed E-state index contributed by atoms with van der Waals surface area (Å²) >= 11 is 3.34. The van der Waals surface area contributed by atoms with Gasteiger partial charge >= 0.3 is 0 Å². The number of thiophene rings is 1. The summed E-state index contributed by atoms with van der Waals surface area (Å²) in [6.45, 7) is 0.